The fraction of sp³-hybridized carbons (Fsp3) is 0.263. The summed E-state index contributed by atoms with van der Waals surface area (Å²) in [7, 11) is 0. The maximum absolute atomic E-state index is 6.01. The molecule has 3 nitrogen and oxygen atoms in total. The SMILES string of the molecule is Brc1ccc2c(c1)cc1n2CC2CON(Cc3ccccc3)[C@@H]12. The van der Waals surface area contributed by atoms with Crippen molar-refractivity contribution in [2.75, 3.05) is 6.61 Å². The molecule has 0 saturated carbocycles. The Morgan fingerprint density at radius 2 is 1.96 bits per heavy atom. The van der Waals surface area contributed by atoms with Crippen LogP contribution in [0.2, 0.25) is 0 Å². The second kappa shape index (κ2) is 5.20. The number of hydroxylamine groups is 2. The summed E-state index contributed by atoms with van der Waals surface area (Å²) in [5, 5.41) is 3.48. The van der Waals surface area contributed by atoms with E-state index in [9.17, 15) is 0 Å². The maximum Gasteiger partial charge on any atom is 0.0825 e. The highest BCUT2D eigenvalue weighted by molar-refractivity contribution is 9.10. The van der Waals surface area contributed by atoms with E-state index in [0.717, 1.165) is 24.2 Å². The zero-order chi connectivity index (χ0) is 15.4. The molecular formula is C19H17BrN2O. The van der Waals surface area contributed by atoms with Crippen LogP contribution in [0.25, 0.3) is 10.9 Å². The normalized spacial score (nSPS) is 23.3. The third-order valence-electron chi connectivity index (χ3n) is 5.01. The summed E-state index contributed by atoms with van der Waals surface area (Å²) in [5.74, 6) is 0.557. The molecule has 0 aliphatic carbocycles. The van der Waals surface area contributed by atoms with Crippen LogP contribution >= 0.6 is 15.9 Å². The molecule has 0 bridgehead atoms. The molecule has 1 fully saturated rings. The second-order valence-electron chi connectivity index (χ2n) is 6.44. The first-order valence-corrected chi connectivity index (χ1v) is 8.81. The topological polar surface area (TPSA) is 17.4 Å². The van der Waals surface area contributed by atoms with Crippen molar-refractivity contribution in [1.29, 1.82) is 0 Å². The molecule has 2 aromatic carbocycles. The number of rotatable bonds is 2. The summed E-state index contributed by atoms with van der Waals surface area (Å²) in [6.07, 6.45) is 0. The van der Waals surface area contributed by atoms with Gasteiger partial charge in [0.1, 0.15) is 0 Å². The van der Waals surface area contributed by atoms with Crippen LogP contribution < -0.4 is 0 Å². The lowest BCUT2D eigenvalue weighted by atomic mass is 10.0. The zero-order valence-electron chi connectivity index (χ0n) is 12.7. The number of benzene rings is 2. The molecule has 0 amide bonds. The molecule has 23 heavy (non-hydrogen) atoms. The van der Waals surface area contributed by atoms with E-state index in [4.69, 9.17) is 4.84 Å². The van der Waals surface area contributed by atoms with Gasteiger partial charge in [0.05, 0.1) is 12.6 Å². The fourth-order valence-corrected chi connectivity index (χ4v) is 4.37. The van der Waals surface area contributed by atoms with E-state index >= 15 is 0 Å². The van der Waals surface area contributed by atoms with Crippen LogP contribution in [0.3, 0.4) is 0 Å². The first kappa shape index (κ1) is 13.8. The minimum atomic E-state index is 0.362. The minimum absolute atomic E-state index is 0.362. The Hall–Kier alpha value is -1.62. The smallest absolute Gasteiger partial charge is 0.0825 e. The number of hydrogen-bond donors (Lipinski definition) is 0. The summed E-state index contributed by atoms with van der Waals surface area (Å²) < 4.78 is 3.60. The summed E-state index contributed by atoms with van der Waals surface area (Å²) in [6.45, 7) is 2.71. The Morgan fingerprint density at radius 1 is 1.09 bits per heavy atom. The van der Waals surface area contributed by atoms with Gasteiger partial charge in [0.15, 0.2) is 0 Å². The zero-order valence-corrected chi connectivity index (χ0v) is 14.2. The van der Waals surface area contributed by atoms with Crippen molar-refractivity contribution < 1.29 is 4.84 Å². The molecule has 0 radical (unpaired) electrons. The van der Waals surface area contributed by atoms with Gasteiger partial charge in [0.25, 0.3) is 0 Å². The van der Waals surface area contributed by atoms with Crippen molar-refractivity contribution in [3.05, 3.63) is 70.3 Å². The highest BCUT2D eigenvalue weighted by Crippen LogP contribution is 2.45. The Morgan fingerprint density at radius 3 is 2.83 bits per heavy atom. The van der Waals surface area contributed by atoms with Gasteiger partial charge in [-0.1, -0.05) is 46.3 Å². The summed E-state index contributed by atoms with van der Waals surface area (Å²) in [4.78, 5) is 6.01. The van der Waals surface area contributed by atoms with E-state index < -0.39 is 0 Å². The van der Waals surface area contributed by atoms with E-state index in [1.807, 2.05) is 0 Å². The average molecular weight is 369 g/mol. The molecule has 1 unspecified atom stereocenters. The van der Waals surface area contributed by atoms with Crippen LogP contribution in [0.15, 0.2) is 59.1 Å². The summed E-state index contributed by atoms with van der Waals surface area (Å²) >= 11 is 3.57. The Kier molecular flexibility index (Phi) is 3.11. The fourth-order valence-electron chi connectivity index (χ4n) is 3.99. The predicted octanol–water partition coefficient (Wildman–Crippen LogP) is 4.52. The first-order valence-electron chi connectivity index (χ1n) is 8.02. The highest BCUT2D eigenvalue weighted by atomic mass is 79.9. The van der Waals surface area contributed by atoms with Gasteiger partial charge < -0.3 is 4.57 Å². The number of nitrogens with zero attached hydrogens (tertiary/aromatic N) is 2. The van der Waals surface area contributed by atoms with Gasteiger partial charge in [0.2, 0.25) is 0 Å². The van der Waals surface area contributed by atoms with Crippen LogP contribution in [-0.4, -0.2) is 16.2 Å². The lowest BCUT2D eigenvalue weighted by molar-refractivity contribution is -0.141. The predicted molar refractivity (Wildman–Crippen MR) is 93.8 cm³/mol. The van der Waals surface area contributed by atoms with Gasteiger partial charge in [0, 0.05) is 40.1 Å². The van der Waals surface area contributed by atoms with E-state index in [1.165, 1.54) is 22.2 Å². The Labute approximate surface area is 143 Å². The van der Waals surface area contributed by atoms with Gasteiger partial charge in [-0.2, -0.15) is 5.06 Å². The van der Waals surface area contributed by atoms with Crippen molar-refractivity contribution in [2.45, 2.75) is 19.1 Å². The van der Waals surface area contributed by atoms with Crippen LogP contribution in [0.5, 0.6) is 0 Å². The van der Waals surface area contributed by atoms with Gasteiger partial charge in [-0.25, -0.2) is 0 Å². The molecule has 3 heterocycles. The van der Waals surface area contributed by atoms with Crippen molar-refractivity contribution in [3.8, 4) is 0 Å². The second-order valence-corrected chi connectivity index (χ2v) is 7.36. The first-order chi connectivity index (χ1) is 11.3. The molecule has 116 valence electrons. The highest BCUT2D eigenvalue weighted by Gasteiger charge is 2.43. The number of fused-ring (bicyclic) bond motifs is 5. The van der Waals surface area contributed by atoms with Crippen molar-refractivity contribution in [2.24, 2.45) is 5.92 Å². The molecule has 4 heteroatoms. The van der Waals surface area contributed by atoms with E-state index in [2.05, 4.69) is 80.2 Å². The summed E-state index contributed by atoms with van der Waals surface area (Å²) in [6, 6.07) is 19.8. The number of aromatic nitrogens is 1. The molecule has 3 aromatic rings. The molecule has 5 rings (SSSR count). The average Bonchev–Trinajstić information content (AvgIpc) is 3.19. The van der Waals surface area contributed by atoms with Crippen LogP contribution in [0.4, 0.5) is 0 Å². The molecule has 0 N–H and O–H groups in total. The lowest BCUT2D eigenvalue weighted by Crippen LogP contribution is -2.22. The third-order valence-corrected chi connectivity index (χ3v) is 5.50. The van der Waals surface area contributed by atoms with Crippen LogP contribution in [-0.2, 0) is 17.9 Å². The molecule has 2 atom stereocenters. The van der Waals surface area contributed by atoms with Gasteiger partial charge in [-0.05, 0) is 29.8 Å². The molecular weight excluding hydrogens is 352 g/mol. The Bertz CT molecular complexity index is 874. The number of hydrogen-bond acceptors (Lipinski definition) is 2. The number of halogens is 1. The van der Waals surface area contributed by atoms with Crippen LogP contribution in [0.1, 0.15) is 17.3 Å². The Balaban J connectivity index is 1.53. The molecule has 1 saturated heterocycles. The van der Waals surface area contributed by atoms with Gasteiger partial charge >= 0.3 is 0 Å². The quantitative estimate of drug-likeness (QED) is 0.661. The van der Waals surface area contributed by atoms with E-state index in [-0.39, 0.29) is 0 Å². The summed E-state index contributed by atoms with van der Waals surface area (Å²) in [5.41, 5.74) is 4.01. The van der Waals surface area contributed by atoms with E-state index in [1.54, 1.807) is 0 Å². The molecule has 2 aliphatic heterocycles. The largest absolute Gasteiger partial charge is 0.343 e. The molecule has 1 aromatic heterocycles. The van der Waals surface area contributed by atoms with Gasteiger partial charge in [-0.3, -0.25) is 4.84 Å². The molecule has 0 spiro atoms. The minimum Gasteiger partial charge on any atom is -0.343 e. The molecule has 2 aliphatic rings. The third kappa shape index (κ3) is 2.17. The van der Waals surface area contributed by atoms with Crippen molar-refractivity contribution in [3.63, 3.8) is 0 Å². The van der Waals surface area contributed by atoms with Crippen molar-refractivity contribution in [1.82, 2.24) is 9.63 Å². The van der Waals surface area contributed by atoms with E-state index in [0.29, 0.717) is 12.0 Å². The lowest BCUT2D eigenvalue weighted by Gasteiger charge is -2.21. The standard InChI is InChI=1S/C19H17BrN2O/c20-16-6-7-17-14(8-16)9-18-19-15(11-21(17)18)12-23-22(19)10-13-4-2-1-3-5-13/h1-9,15,19H,10-12H2/t15?,19-/m1/s1. The van der Waals surface area contributed by atoms with Gasteiger partial charge in [-0.15, -0.1) is 0 Å². The van der Waals surface area contributed by atoms with Crippen molar-refractivity contribution >= 4 is 26.8 Å². The van der Waals surface area contributed by atoms with Crippen LogP contribution in [0, 0.1) is 5.92 Å². The maximum atomic E-state index is 6.01. The monoisotopic (exact) mass is 368 g/mol.